The van der Waals surface area contributed by atoms with E-state index in [9.17, 15) is 18.8 Å². The number of benzene rings is 2. The zero-order valence-corrected chi connectivity index (χ0v) is 16.6. The maximum atomic E-state index is 13.2. The van der Waals surface area contributed by atoms with Crippen molar-refractivity contribution in [1.82, 2.24) is 20.4 Å². The summed E-state index contributed by atoms with van der Waals surface area (Å²) in [7, 11) is 0. The number of carbonyl (C=O) groups excluding carboxylic acids is 3. The third-order valence-corrected chi connectivity index (χ3v) is 4.54. The minimum Gasteiger partial charge on any atom is -0.451 e. The Morgan fingerprint density at radius 2 is 1.77 bits per heavy atom. The SMILES string of the molecule is CSc1ncc(C(=O)OCC(=O)NNC(=O)c2ccccc2)n1-c1ccc(F)cc1. The molecule has 2 amide bonds. The molecule has 0 unspecified atom stereocenters. The lowest BCUT2D eigenvalue weighted by molar-refractivity contribution is -0.125. The molecule has 0 fully saturated rings. The fraction of sp³-hybridized carbons (Fsp3) is 0.100. The molecule has 0 aliphatic heterocycles. The van der Waals surface area contributed by atoms with E-state index in [4.69, 9.17) is 4.74 Å². The molecule has 0 aliphatic rings. The maximum absolute atomic E-state index is 13.2. The summed E-state index contributed by atoms with van der Waals surface area (Å²) in [6, 6.07) is 13.8. The molecule has 2 aromatic carbocycles. The van der Waals surface area contributed by atoms with Crippen LogP contribution in [0.4, 0.5) is 4.39 Å². The van der Waals surface area contributed by atoms with Gasteiger partial charge in [0.1, 0.15) is 5.82 Å². The number of carbonyl (C=O) groups is 3. The van der Waals surface area contributed by atoms with Gasteiger partial charge in [0.05, 0.1) is 6.20 Å². The number of halogens is 1. The Morgan fingerprint density at radius 3 is 2.43 bits per heavy atom. The van der Waals surface area contributed by atoms with E-state index in [2.05, 4.69) is 15.8 Å². The lowest BCUT2D eigenvalue weighted by Crippen LogP contribution is -2.43. The molecule has 0 saturated heterocycles. The Morgan fingerprint density at radius 1 is 1.07 bits per heavy atom. The summed E-state index contributed by atoms with van der Waals surface area (Å²) in [4.78, 5) is 40.4. The zero-order valence-electron chi connectivity index (χ0n) is 15.8. The number of hydrogen-bond acceptors (Lipinski definition) is 6. The van der Waals surface area contributed by atoms with Gasteiger partial charge in [0.15, 0.2) is 17.5 Å². The van der Waals surface area contributed by atoms with E-state index in [-0.39, 0.29) is 5.69 Å². The Balaban J connectivity index is 1.61. The summed E-state index contributed by atoms with van der Waals surface area (Å²) >= 11 is 1.29. The standard InChI is InChI=1S/C20H17FN4O4S/c1-30-20-22-11-16(25(20)15-9-7-14(21)8-10-15)19(28)29-12-17(26)23-24-18(27)13-5-3-2-4-6-13/h2-11H,12H2,1H3,(H,23,26)(H,24,27). The van der Waals surface area contributed by atoms with E-state index < -0.39 is 30.2 Å². The molecule has 1 heterocycles. The first-order chi connectivity index (χ1) is 14.5. The van der Waals surface area contributed by atoms with Crippen LogP contribution in [0.15, 0.2) is 66.0 Å². The normalized spacial score (nSPS) is 10.3. The van der Waals surface area contributed by atoms with Crippen molar-refractivity contribution in [2.75, 3.05) is 12.9 Å². The molecule has 154 valence electrons. The number of rotatable bonds is 6. The second kappa shape index (κ2) is 9.70. The van der Waals surface area contributed by atoms with Crippen molar-refractivity contribution >= 4 is 29.5 Å². The molecule has 0 radical (unpaired) electrons. The predicted octanol–water partition coefficient (Wildman–Crippen LogP) is 2.35. The number of nitrogens with one attached hydrogen (secondary N) is 2. The second-order valence-corrected chi connectivity index (χ2v) is 6.66. The van der Waals surface area contributed by atoms with Crippen LogP contribution in [0, 0.1) is 5.82 Å². The van der Waals surface area contributed by atoms with Crippen LogP contribution in [0.3, 0.4) is 0 Å². The van der Waals surface area contributed by atoms with E-state index in [1.54, 1.807) is 36.6 Å². The monoisotopic (exact) mass is 428 g/mol. The number of hydrogen-bond donors (Lipinski definition) is 2. The number of thioether (sulfide) groups is 1. The third kappa shape index (κ3) is 5.03. The van der Waals surface area contributed by atoms with Gasteiger partial charge in [0.2, 0.25) is 0 Å². The predicted molar refractivity (Wildman–Crippen MR) is 108 cm³/mol. The van der Waals surface area contributed by atoms with Gasteiger partial charge >= 0.3 is 5.97 Å². The number of aromatic nitrogens is 2. The molecule has 0 atom stereocenters. The smallest absolute Gasteiger partial charge is 0.357 e. The van der Waals surface area contributed by atoms with Gasteiger partial charge in [-0.2, -0.15) is 0 Å². The molecule has 3 rings (SSSR count). The molecule has 3 aromatic rings. The van der Waals surface area contributed by atoms with Crippen LogP contribution < -0.4 is 10.9 Å². The quantitative estimate of drug-likeness (QED) is 0.355. The lowest BCUT2D eigenvalue weighted by Gasteiger charge is -2.11. The van der Waals surface area contributed by atoms with Crippen molar-refractivity contribution in [3.63, 3.8) is 0 Å². The molecule has 0 bridgehead atoms. The molecule has 1 aromatic heterocycles. The van der Waals surface area contributed by atoms with Crippen molar-refractivity contribution in [1.29, 1.82) is 0 Å². The number of nitrogens with zero attached hydrogens (tertiary/aromatic N) is 2. The minimum atomic E-state index is -0.795. The molecule has 8 nitrogen and oxygen atoms in total. The van der Waals surface area contributed by atoms with Crippen LogP contribution in [-0.2, 0) is 9.53 Å². The molecule has 10 heteroatoms. The highest BCUT2D eigenvalue weighted by atomic mass is 32.2. The van der Waals surface area contributed by atoms with Gasteiger partial charge in [0.25, 0.3) is 11.8 Å². The summed E-state index contributed by atoms with van der Waals surface area (Å²) in [5, 5.41) is 0.494. The fourth-order valence-corrected chi connectivity index (χ4v) is 3.04. The van der Waals surface area contributed by atoms with E-state index in [1.165, 1.54) is 46.8 Å². The third-order valence-electron chi connectivity index (χ3n) is 3.89. The molecule has 0 aliphatic carbocycles. The Kier molecular flexibility index (Phi) is 6.81. The van der Waals surface area contributed by atoms with Crippen LogP contribution in [0.25, 0.3) is 5.69 Å². The van der Waals surface area contributed by atoms with Gasteiger partial charge < -0.3 is 4.74 Å². The Bertz CT molecular complexity index is 1050. The van der Waals surface area contributed by atoms with E-state index >= 15 is 0 Å². The van der Waals surface area contributed by atoms with Crippen molar-refractivity contribution < 1.29 is 23.5 Å². The highest BCUT2D eigenvalue weighted by Gasteiger charge is 2.20. The number of hydrazine groups is 1. The zero-order chi connectivity index (χ0) is 21.5. The van der Waals surface area contributed by atoms with Crippen LogP contribution in [0.5, 0.6) is 0 Å². The topological polar surface area (TPSA) is 102 Å². The number of ether oxygens (including phenoxy) is 1. The van der Waals surface area contributed by atoms with Crippen molar-refractivity contribution in [2.45, 2.75) is 5.16 Å². The van der Waals surface area contributed by atoms with Crippen LogP contribution >= 0.6 is 11.8 Å². The summed E-state index contributed by atoms with van der Waals surface area (Å²) in [6.45, 7) is -0.614. The molecule has 0 spiro atoms. The first-order valence-electron chi connectivity index (χ1n) is 8.68. The Labute approximate surface area is 175 Å². The van der Waals surface area contributed by atoms with Crippen molar-refractivity contribution in [3.05, 3.63) is 77.9 Å². The average molecular weight is 428 g/mol. The van der Waals surface area contributed by atoms with Crippen molar-refractivity contribution in [3.8, 4) is 5.69 Å². The van der Waals surface area contributed by atoms with Crippen LogP contribution in [-0.4, -0.2) is 40.2 Å². The largest absolute Gasteiger partial charge is 0.451 e. The number of imidazole rings is 1. The lowest BCUT2D eigenvalue weighted by atomic mass is 10.2. The van der Waals surface area contributed by atoms with Gasteiger partial charge in [-0.25, -0.2) is 14.2 Å². The molecular formula is C20H17FN4O4S. The highest BCUT2D eigenvalue weighted by molar-refractivity contribution is 7.98. The van der Waals surface area contributed by atoms with Crippen LogP contribution in [0.2, 0.25) is 0 Å². The fourth-order valence-electron chi connectivity index (χ4n) is 2.49. The average Bonchev–Trinajstić information content (AvgIpc) is 3.21. The highest BCUT2D eigenvalue weighted by Crippen LogP contribution is 2.22. The van der Waals surface area contributed by atoms with Gasteiger partial charge in [-0.1, -0.05) is 30.0 Å². The minimum absolute atomic E-state index is 0.0760. The first-order valence-corrected chi connectivity index (χ1v) is 9.91. The molecule has 2 N–H and O–H groups in total. The summed E-state index contributed by atoms with van der Waals surface area (Å²) < 4.78 is 19.7. The summed E-state index contributed by atoms with van der Waals surface area (Å²) in [6.07, 6.45) is 3.09. The summed E-state index contributed by atoms with van der Waals surface area (Å²) in [5.41, 5.74) is 5.36. The number of amides is 2. The van der Waals surface area contributed by atoms with E-state index in [0.29, 0.717) is 16.4 Å². The van der Waals surface area contributed by atoms with Crippen molar-refractivity contribution in [2.24, 2.45) is 0 Å². The first kappa shape index (κ1) is 21.1. The van der Waals surface area contributed by atoms with Gasteiger partial charge in [0, 0.05) is 11.3 Å². The molecule has 0 saturated carbocycles. The van der Waals surface area contributed by atoms with Crippen LogP contribution in [0.1, 0.15) is 20.8 Å². The second-order valence-electron chi connectivity index (χ2n) is 5.89. The number of esters is 1. The van der Waals surface area contributed by atoms with E-state index in [0.717, 1.165) is 0 Å². The molecular weight excluding hydrogens is 411 g/mol. The van der Waals surface area contributed by atoms with E-state index in [1.807, 2.05) is 0 Å². The summed E-state index contributed by atoms with van der Waals surface area (Å²) in [5.74, 6) is -2.43. The Hall–Kier alpha value is -3.66. The molecule has 30 heavy (non-hydrogen) atoms. The van der Waals surface area contributed by atoms with Gasteiger partial charge in [-0.05, 0) is 42.7 Å². The van der Waals surface area contributed by atoms with Gasteiger partial charge in [-0.15, -0.1) is 0 Å². The maximum Gasteiger partial charge on any atom is 0.357 e. The van der Waals surface area contributed by atoms with Gasteiger partial charge in [-0.3, -0.25) is 25.0 Å².